The highest BCUT2D eigenvalue weighted by atomic mass is 16.6. The van der Waals surface area contributed by atoms with Crippen LogP contribution < -0.4 is 0 Å². The molecule has 0 saturated carbocycles. The van der Waals surface area contributed by atoms with Crippen LogP contribution in [0.2, 0.25) is 0 Å². The Labute approximate surface area is 130 Å². The number of carbonyl (C=O) groups is 2. The van der Waals surface area contributed by atoms with E-state index in [1.165, 1.54) is 14.2 Å². The third-order valence-corrected chi connectivity index (χ3v) is 5.57. The van der Waals surface area contributed by atoms with Gasteiger partial charge in [0.15, 0.2) is 0 Å². The topological polar surface area (TPSA) is 71.1 Å². The van der Waals surface area contributed by atoms with Crippen molar-refractivity contribution in [3.8, 4) is 0 Å². The summed E-state index contributed by atoms with van der Waals surface area (Å²) in [4.78, 5) is 24.4. The van der Waals surface area contributed by atoms with Gasteiger partial charge in [-0.1, -0.05) is 13.8 Å². The van der Waals surface area contributed by atoms with E-state index in [9.17, 15) is 9.59 Å². The van der Waals surface area contributed by atoms with Crippen molar-refractivity contribution in [1.29, 1.82) is 0 Å². The maximum Gasteiger partial charge on any atom is 0.312 e. The molecule has 0 aliphatic carbocycles. The second kappa shape index (κ2) is 5.81. The number of esters is 2. The molecule has 3 rings (SSSR count). The summed E-state index contributed by atoms with van der Waals surface area (Å²) in [5, 5.41) is 0. The van der Waals surface area contributed by atoms with Crippen molar-refractivity contribution >= 4 is 11.9 Å². The molecular weight excluding hydrogens is 288 g/mol. The number of methoxy groups -OCH3 is 2. The van der Waals surface area contributed by atoms with Gasteiger partial charge in [-0.2, -0.15) is 0 Å². The molecule has 0 N–H and O–H groups in total. The molecule has 8 atom stereocenters. The van der Waals surface area contributed by atoms with Crippen molar-refractivity contribution < 1.29 is 28.5 Å². The van der Waals surface area contributed by atoms with Crippen LogP contribution in [0, 0.1) is 23.7 Å². The second-order valence-electron chi connectivity index (χ2n) is 6.35. The first-order chi connectivity index (χ1) is 10.6. The predicted molar refractivity (Wildman–Crippen MR) is 75.9 cm³/mol. The fourth-order valence-corrected chi connectivity index (χ4v) is 4.75. The lowest BCUT2D eigenvalue weighted by Gasteiger charge is -2.33. The van der Waals surface area contributed by atoms with Gasteiger partial charge in [0.25, 0.3) is 0 Å². The lowest BCUT2D eigenvalue weighted by molar-refractivity contribution is -0.159. The smallest absolute Gasteiger partial charge is 0.312 e. The largest absolute Gasteiger partial charge is 0.469 e. The van der Waals surface area contributed by atoms with Gasteiger partial charge in [-0.25, -0.2) is 0 Å². The summed E-state index contributed by atoms with van der Waals surface area (Å²) < 4.78 is 22.1. The van der Waals surface area contributed by atoms with Gasteiger partial charge in [0.1, 0.15) is 0 Å². The number of rotatable bonds is 4. The molecule has 6 heteroatoms. The van der Waals surface area contributed by atoms with Crippen LogP contribution in [-0.2, 0) is 28.5 Å². The van der Waals surface area contributed by atoms with E-state index in [1.54, 1.807) is 0 Å². The number of carbonyl (C=O) groups excluding carboxylic acids is 2. The fourth-order valence-electron chi connectivity index (χ4n) is 4.75. The lowest BCUT2D eigenvalue weighted by atomic mass is 9.65. The van der Waals surface area contributed by atoms with E-state index < -0.39 is 23.8 Å². The van der Waals surface area contributed by atoms with Crippen molar-refractivity contribution in [2.75, 3.05) is 14.2 Å². The summed E-state index contributed by atoms with van der Waals surface area (Å²) in [6, 6.07) is 0. The van der Waals surface area contributed by atoms with E-state index in [4.69, 9.17) is 18.9 Å². The summed E-state index contributed by atoms with van der Waals surface area (Å²) in [6.07, 6.45) is 1.29. The zero-order valence-electron chi connectivity index (χ0n) is 13.5. The molecule has 22 heavy (non-hydrogen) atoms. The second-order valence-corrected chi connectivity index (χ2v) is 6.35. The summed E-state index contributed by atoms with van der Waals surface area (Å²) >= 11 is 0. The maximum atomic E-state index is 12.2. The minimum absolute atomic E-state index is 0.0794. The van der Waals surface area contributed by atoms with Crippen LogP contribution in [0.25, 0.3) is 0 Å². The molecule has 3 aliphatic rings. The van der Waals surface area contributed by atoms with E-state index in [-0.39, 0.29) is 36.3 Å². The number of ether oxygens (including phenoxy) is 4. The molecule has 0 spiro atoms. The van der Waals surface area contributed by atoms with Crippen LogP contribution in [0.15, 0.2) is 0 Å². The molecule has 0 amide bonds. The lowest BCUT2D eigenvalue weighted by Crippen LogP contribution is -2.49. The van der Waals surface area contributed by atoms with Crippen molar-refractivity contribution in [1.82, 2.24) is 0 Å². The van der Waals surface area contributed by atoms with Gasteiger partial charge in [-0.3, -0.25) is 9.59 Å². The monoisotopic (exact) mass is 312 g/mol. The predicted octanol–water partition coefficient (Wildman–Crippen LogP) is 1.17. The first-order valence-electron chi connectivity index (χ1n) is 8.05. The third kappa shape index (κ3) is 2.00. The minimum Gasteiger partial charge on any atom is -0.469 e. The average molecular weight is 312 g/mol. The van der Waals surface area contributed by atoms with Crippen LogP contribution in [0.1, 0.15) is 26.7 Å². The molecule has 124 valence electrons. The Morgan fingerprint density at radius 2 is 1.23 bits per heavy atom. The summed E-state index contributed by atoms with van der Waals surface area (Å²) in [7, 11) is 2.69. The molecule has 0 radical (unpaired) electrons. The normalized spacial score (nSPS) is 45.6. The van der Waals surface area contributed by atoms with Crippen LogP contribution in [0.5, 0.6) is 0 Å². The van der Waals surface area contributed by atoms with Crippen molar-refractivity contribution in [3.63, 3.8) is 0 Å². The Morgan fingerprint density at radius 1 is 0.818 bits per heavy atom. The molecule has 3 heterocycles. The van der Waals surface area contributed by atoms with Gasteiger partial charge in [0, 0.05) is 11.8 Å². The van der Waals surface area contributed by atoms with Crippen LogP contribution >= 0.6 is 0 Å². The van der Waals surface area contributed by atoms with E-state index in [0.29, 0.717) is 0 Å². The van der Waals surface area contributed by atoms with Gasteiger partial charge in [-0.05, 0) is 12.8 Å². The van der Waals surface area contributed by atoms with Gasteiger partial charge in [0.05, 0.1) is 50.5 Å². The van der Waals surface area contributed by atoms with Gasteiger partial charge < -0.3 is 18.9 Å². The SMILES string of the molecule is CCC1OC(CC)C2C3OC(C(C(=O)OC)C3C(=O)OC)C12. The molecule has 2 bridgehead atoms. The molecule has 0 aromatic rings. The Kier molecular flexibility index (Phi) is 4.16. The summed E-state index contributed by atoms with van der Waals surface area (Å²) in [6.45, 7) is 4.16. The molecular formula is C16H24O6. The van der Waals surface area contributed by atoms with Gasteiger partial charge in [0.2, 0.25) is 0 Å². The highest BCUT2D eigenvalue weighted by molar-refractivity contribution is 5.84. The Hall–Kier alpha value is -1.14. The van der Waals surface area contributed by atoms with Crippen LogP contribution in [0.4, 0.5) is 0 Å². The summed E-state index contributed by atoms with van der Waals surface area (Å²) in [5.41, 5.74) is 0. The Balaban J connectivity index is 1.96. The van der Waals surface area contributed by atoms with Gasteiger partial charge in [-0.15, -0.1) is 0 Å². The van der Waals surface area contributed by atoms with E-state index in [1.807, 2.05) is 0 Å². The first-order valence-corrected chi connectivity index (χ1v) is 8.05. The molecule has 3 saturated heterocycles. The highest BCUT2D eigenvalue weighted by Gasteiger charge is 2.69. The van der Waals surface area contributed by atoms with Crippen molar-refractivity contribution in [3.05, 3.63) is 0 Å². The number of hydrogen-bond acceptors (Lipinski definition) is 6. The molecule has 0 aromatic carbocycles. The van der Waals surface area contributed by atoms with E-state index in [0.717, 1.165) is 12.8 Å². The standard InChI is InChI=1S/C16H24O6/c1-5-7-9-10(8(6-2)21-7)14-12(16(18)20-4)11(13(9)22-14)15(17)19-3/h7-14H,5-6H2,1-4H3. The maximum absolute atomic E-state index is 12.2. The fraction of sp³-hybridized carbons (Fsp3) is 0.875. The molecule has 6 nitrogen and oxygen atoms in total. The first kappa shape index (κ1) is 15.7. The Morgan fingerprint density at radius 3 is 1.55 bits per heavy atom. The molecule has 0 aromatic heterocycles. The number of hydrogen-bond donors (Lipinski definition) is 0. The average Bonchev–Trinajstić information content (AvgIpc) is 3.20. The molecule has 3 aliphatic heterocycles. The zero-order chi connectivity index (χ0) is 16.0. The van der Waals surface area contributed by atoms with Crippen molar-refractivity contribution in [2.24, 2.45) is 23.7 Å². The van der Waals surface area contributed by atoms with Crippen molar-refractivity contribution in [2.45, 2.75) is 51.1 Å². The Bertz CT molecular complexity index is 424. The molecule has 3 fully saturated rings. The molecule has 8 unspecified atom stereocenters. The highest BCUT2D eigenvalue weighted by Crippen LogP contribution is 2.57. The van der Waals surface area contributed by atoms with Crippen LogP contribution in [-0.4, -0.2) is 50.6 Å². The van der Waals surface area contributed by atoms with Gasteiger partial charge >= 0.3 is 11.9 Å². The minimum atomic E-state index is -0.586. The zero-order valence-corrected chi connectivity index (χ0v) is 13.5. The quantitative estimate of drug-likeness (QED) is 0.726. The van der Waals surface area contributed by atoms with Crippen LogP contribution in [0.3, 0.4) is 0 Å². The summed E-state index contributed by atoms with van der Waals surface area (Å²) in [5.74, 6) is -1.64. The number of fused-ring (bicyclic) bond motifs is 5. The third-order valence-electron chi connectivity index (χ3n) is 5.57. The van der Waals surface area contributed by atoms with E-state index in [2.05, 4.69) is 13.8 Å². The van der Waals surface area contributed by atoms with E-state index >= 15 is 0 Å².